The number of carbonyl (C=O) groups is 2. The van der Waals surface area contributed by atoms with Crippen LogP contribution in [0.15, 0.2) is 18.2 Å². The minimum Gasteiger partial charge on any atom is -0.486 e. The highest BCUT2D eigenvalue weighted by Gasteiger charge is 2.31. The van der Waals surface area contributed by atoms with E-state index in [9.17, 15) is 9.59 Å². The molecular formula is C17H23N3O4. The van der Waals surface area contributed by atoms with Gasteiger partial charge in [-0.25, -0.2) is 4.79 Å². The average Bonchev–Trinajstić information content (AvgIpc) is 2.93. The van der Waals surface area contributed by atoms with Gasteiger partial charge in [0.05, 0.1) is 0 Å². The summed E-state index contributed by atoms with van der Waals surface area (Å²) in [6.07, 6.45) is 0. The summed E-state index contributed by atoms with van der Waals surface area (Å²) in [5.74, 6) is 1.61. The topological polar surface area (TPSA) is 71.1 Å². The van der Waals surface area contributed by atoms with Crippen LogP contribution in [0.1, 0.15) is 13.8 Å². The van der Waals surface area contributed by atoms with Crippen LogP contribution in [0.4, 0.5) is 10.5 Å². The lowest BCUT2D eigenvalue weighted by molar-refractivity contribution is -0.121. The third kappa shape index (κ3) is 3.55. The van der Waals surface area contributed by atoms with Crippen molar-refractivity contribution < 1.29 is 19.1 Å². The van der Waals surface area contributed by atoms with Crippen LogP contribution in [-0.4, -0.2) is 56.2 Å². The van der Waals surface area contributed by atoms with E-state index in [4.69, 9.17) is 9.47 Å². The summed E-state index contributed by atoms with van der Waals surface area (Å²) in [4.78, 5) is 27.7. The number of fused-ring (bicyclic) bond motifs is 1. The predicted octanol–water partition coefficient (Wildman–Crippen LogP) is 1.47. The van der Waals surface area contributed by atoms with Gasteiger partial charge in [-0.3, -0.25) is 9.69 Å². The van der Waals surface area contributed by atoms with Gasteiger partial charge in [0.15, 0.2) is 11.5 Å². The molecule has 24 heavy (non-hydrogen) atoms. The summed E-state index contributed by atoms with van der Waals surface area (Å²) in [5, 5.41) is 2.84. The number of carbonyl (C=O) groups excluding carboxylic acids is 2. The van der Waals surface area contributed by atoms with E-state index in [-0.39, 0.29) is 18.5 Å². The molecule has 0 unspecified atom stereocenters. The second kappa shape index (κ2) is 6.98. The molecule has 7 nitrogen and oxygen atoms in total. The molecule has 0 bridgehead atoms. The van der Waals surface area contributed by atoms with Crippen molar-refractivity contribution in [1.82, 2.24) is 10.2 Å². The molecule has 3 rings (SSSR count). The van der Waals surface area contributed by atoms with Crippen LogP contribution in [0.3, 0.4) is 0 Å². The zero-order valence-corrected chi connectivity index (χ0v) is 14.1. The Balaban J connectivity index is 1.62. The van der Waals surface area contributed by atoms with Crippen molar-refractivity contribution in [2.45, 2.75) is 13.8 Å². The first kappa shape index (κ1) is 16.4. The van der Waals surface area contributed by atoms with E-state index in [1.54, 1.807) is 9.80 Å². The van der Waals surface area contributed by atoms with E-state index in [0.717, 1.165) is 5.69 Å². The molecule has 7 heteroatoms. The smallest absolute Gasteiger partial charge is 0.325 e. The van der Waals surface area contributed by atoms with E-state index >= 15 is 0 Å². The van der Waals surface area contributed by atoms with Gasteiger partial charge < -0.3 is 19.7 Å². The monoisotopic (exact) mass is 333 g/mol. The van der Waals surface area contributed by atoms with Gasteiger partial charge in [0.25, 0.3) is 0 Å². The molecule has 0 saturated carbocycles. The Morgan fingerprint density at radius 3 is 2.71 bits per heavy atom. The first-order valence-corrected chi connectivity index (χ1v) is 8.27. The zero-order valence-electron chi connectivity index (χ0n) is 14.1. The van der Waals surface area contributed by atoms with Gasteiger partial charge in [-0.2, -0.15) is 0 Å². The number of amides is 3. The van der Waals surface area contributed by atoms with Crippen molar-refractivity contribution in [3.63, 3.8) is 0 Å². The number of urea groups is 1. The maximum absolute atomic E-state index is 12.5. The summed E-state index contributed by atoms with van der Waals surface area (Å²) in [6, 6.07) is 5.31. The summed E-state index contributed by atoms with van der Waals surface area (Å²) in [5.41, 5.74) is 0.759. The van der Waals surface area contributed by atoms with Gasteiger partial charge in [0, 0.05) is 31.4 Å². The molecule has 0 aliphatic carbocycles. The van der Waals surface area contributed by atoms with Gasteiger partial charge in [-0.15, -0.1) is 0 Å². The van der Waals surface area contributed by atoms with Gasteiger partial charge in [0.1, 0.15) is 19.8 Å². The maximum Gasteiger partial charge on any atom is 0.325 e. The number of benzene rings is 1. The largest absolute Gasteiger partial charge is 0.486 e. The Bertz CT molecular complexity index is 632. The number of nitrogens with one attached hydrogen (secondary N) is 1. The molecule has 0 radical (unpaired) electrons. The van der Waals surface area contributed by atoms with E-state index in [1.807, 2.05) is 32.0 Å². The minimum absolute atomic E-state index is 0.0899. The second-order valence-corrected chi connectivity index (χ2v) is 6.38. The molecule has 1 N–H and O–H groups in total. The molecule has 1 fully saturated rings. The summed E-state index contributed by atoms with van der Waals surface area (Å²) in [7, 11) is 0. The van der Waals surface area contributed by atoms with Crippen LogP contribution in [0.2, 0.25) is 0 Å². The first-order valence-electron chi connectivity index (χ1n) is 8.27. The Morgan fingerprint density at radius 2 is 1.96 bits per heavy atom. The molecule has 0 atom stereocenters. The van der Waals surface area contributed by atoms with Crippen LogP contribution in [-0.2, 0) is 4.79 Å². The van der Waals surface area contributed by atoms with Crippen molar-refractivity contribution >= 4 is 17.6 Å². The molecule has 0 spiro atoms. The highest BCUT2D eigenvalue weighted by molar-refractivity contribution is 5.96. The molecule has 1 aromatic rings. The highest BCUT2D eigenvalue weighted by Crippen LogP contribution is 2.34. The molecule has 130 valence electrons. The van der Waals surface area contributed by atoms with Gasteiger partial charge in [-0.05, 0) is 18.1 Å². The molecule has 2 aliphatic rings. The third-order valence-electron chi connectivity index (χ3n) is 3.97. The fraction of sp³-hybridized carbons (Fsp3) is 0.529. The standard InChI is InChI=1S/C17H23N3O4/c1-12(2)10-18-16(21)11-19-5-6-20(17(19)22)13-3-4-14-15(9-13)24-8-7-23-14/h3-4,9,12H,5-8,10-11H2,1-2H3,(H,18,21). The number of nitrogens with zero attached hydrogens (tertiary/aromatic N) is 2. The van der Waals surface area contributed by atoms with E-state index in [1.165, 1.54) is 0 Å². The molecule has 1 saturated heterocycles. The highest BCUT2D eigenvalue weighted by atomic mass is 16.6. The Morgan fingerprint density at radius 1 is 1.21 bits per heavy atom. The molecule has 2 heterocycles. The second-order valence-electron chi connectivity index (χ2n) is 6.38. The van der Waals surface area contributed by atoms with Gasteiger partial charge in [-0.1, -0.05) is 13.8 Å². The van der Waals surface area contributed by atoms with Crippen LogP contribution in [0, 0.1) is 5.92 Å². The van der Waals surface area contributed by atoms with Gasteiger partial charge >= 0.3 is 6.03 Å². The summed E-state index contributed by atoms with van der Waals surface area (Å²) >= 11 is 0. The number of ether oxygens (including phenoxy) is 2. The van der Waals surface area contributed by atoms with Crippen molar-refractivity contribution in [2.75, 3.05) is 44.3 Å². The lowest BCUT2D eigenvalue weighted by Gasteiger charge is -2.22. The minimum atomic E-state index is -0.161. The van der Waals surface area contributed by atoms with E-state index < -0.39 is 0 Å². The Hall–Kier alpha value is -2.44. The molecule has 2 aliphatic heterocycles. The fourth-order valence-corrected chi connectivity index (χ4v) is 2.72. The number of rotatable bonds is 5. The van der Waals surface area contributed by atoms with Crippen molar-refractivity contribution in [3.05, 3.63) is 18.2 Å². The number of hydrogen-bond acceptors (Lipinski definition) is 4. The third-order valence-corrected chi connectivity index (χ3v) is 3.97. The van der Waals surface area contributed by atoms with E-state index in [2.05, 4.69) is 5.32 Å². The van der Waals surface area contributed by atoms with Crippen molar-refractivity contribution in [3.8, 4) is 11.5 Å². The van der Waals surface area contributed by atoms with Crippen molar-refractivity contribution in [2.24, 2.45) is 5.92 Å². The Labute approximate surface area is 141 Å². The van der Waals surface area contributed by atoms with Crippen molar-refractivity contribution in [1.29, 1.82) is 0 Å². The molecule has 0 aromatic heterocycles. The van der Waals surface area contributed by atoms with Crippen LogP contribution >= 0.6 is 0 Å². The normalized spacial score (nSPS) is 16.7. The maximum atomic E-state index is 12.5. The predicted molar refractivity (Wildman–Crippen MR) is 89.6 cm³/mol. The fourth-order valence-electron chi connectivity index (χ4n) is 2.72. The first-order chi connectivity index (χ1) is 11.5. The van der Waals surface area contributed by atoms with E-state index in [0.29, 0.717) is 50.3 Å². The number of anilines is 1. The average molecular weight is 333 g/mol. The lowest BCUT2D eigenvalue weighted by atomic mass is 10.2. The zero-order chi connectivity index (χ0) is 17.1. The number of hydrogen-bond donors (Lipinski definition) is 1. The molecule has 3 amide bonds. The van der Waals surface area contributed by atoms with Crippen LogP contribution in [0.5, 0.6) is 11.5 Å². The Kier molecular flexibility index (Phi) is 4.78. The van der Waals surface area contributed by atoms with Gasteiger partial charge in [0.2, 0.25) is 5.91 Å². The quantitative estimate of drug-likeness (QED) is 0.886. The SMILES string of the molecule is CC(C)CNC(=O)CN1CCN(c2ccc3c(c2)OCCO3)C1=O. The molecule has 1 aromatic carbocycles. The summed E-state index contributed by atoms with van der Waals surface area (Å²) in [6.45, 7) is 6.90. The summed E-state index contributed by atoms with van der Waals surface area (Å²) < 4.78 is 11.1. The molecular weight excluding hydrogens is 310 g/mol. The lowest BCUT2D eigenvalue weighted by Crippen LogP contribution is -2.40. The van der Waals surface area contributed by atoms with Crippen LogP contribution < -0.4 is 19.7 Å². The van der Waals surface area contributed by atoms with Crippen LogP contribution in [0.25, 0.3) is 0 Å².